The number of fused-ring (bicyclic) bond motifs is 5. The molecular weight excluding hydrogens is 412 g/mol. The second-order valence-corrected chi connectivity index (χ2v) is 9.18. The van der Waals surface area contributed by atoms with Crippen molar-refractivity contribution in [3.8, 4) is 5.75 Å². The molecule has 0 heterocycles. The lowest BCUT2D eigenvalue weighted by Crippen LogP contribution is -2.57. The van der Waals surface area contributed by atoms with Crippen molar-refractivity contribution in [1.29, 1.82) is 0 Å². The maximum Gasteiger partial charge on any atom is 0.308 e. The fourth-order valence-electron chi connectivity index (χ4n) is 5.79. The van der Waals surface area contributed by atoms with Crippen LogP contribution in [0.2, 0.25) is 0 Å². The first-order chi connectivity index (χ1) is 15.0. The van der Waals surface area contributed by atoms with Crippen LogP contribution in [0.5, 0.6) is 5.75 Å². The van der Waals surface area contributed by atoms with E-state index < -0.39 is 41.3 Å². The third-order valence-corrected chi connectivity index (χ3v) is 7.24. The van der Waals surface area contributed by atoms with Gasteiger partial charge in [-0.1, -0.05) is 26.0 Å². The van der Waals surface area contributed by atoms with E-state index in [0.29, 0.717) is 17.7 Å². The van der Waals surface area contributed by atoms with Crippen LogP contribution in [0.3, 0.4) is 0 Å². The van der Waals surface area contributed by atoms with Crippen molar-refractivity contribution in [3.05, 3.63) is 41.5 Å². The molecule has 2 aromatic rings. The fraction of sp³-hybridized carbons (Fsp3) is 0.440. The van der Waals surface area contributed by atoms with Gasteiger partial charge in [-0.25, -0.2) is 0 Å². The molecule has 1 N–H and O–H groups in total. The average Bonchev–Trinajstić information content (AvgIpc) is 2.92. The van der Waals surface area contributed by atoms with Gasteiger partial charge >= 0.3 is 11.9 Å². The molecule has 168 valence electrons. The molecule has 7 heteroatoms. The summed E-state index contributed by atoms with van der Waals surface area (Å²) in [5, 5.41) is 13.2. The number of esters is 2. The normalized spacial score (nSPS) is 28.7. The van der Waals surface area contributed by atoms with E-state index in [1.165, 1.54) is 13.8 Å². The van der Waals surface area contributed by atoms with Crippen LogP contribution in [-0.2, 0) is 19.1 Å². The zero-order chi connectivity index (χ0) is 23.4. The van der Waals surface area contributed by atoms with Gasteiger partial charge in [0.15, 0.2) is 12.4 Å². The van der Waals surface area contributed by atoms with Gasteiger partial charge in [-0.05, 0) is 52.8 Å². The predicted octanol–water partition coefficient (Wildman–Crippen LogP) is 3.34. The van der Waals surface area contributed by atoms with Crippen LogP contribution in [-0.4, -0.2) is 40.8 Å². The molecule has 7 nitrogen and oxygen atoms in total. The number of hydrogen-bond donors (Lipinski definition) is 1. The van der Waals surface area contributed by atoms with E-state index >= 15 is 0 Å². The van der Waals surface area contributed by atoms with Gasteiger partial charge in [0, 0.05) is 31.2 Å². The van der Waals surface area contributed by atoms with E-state index in [4.69, 9.17) is 9.47 Å². The highest BCUT2D eigenvalue weighted by Gasteiger charge is 2.66. The largest absolute Gasteiger partial charge is 0.458 e. The predicted molar refractivity (Wildman–Crippen MR) is 115 cm³/mol. The minimum absolute atomic E-state index is 0.00211. The first-order valence-corrected chi connectivity index (χ1v) is 10.7. The highest BCUT2D eigenvalue weighted by molar-refractivity contribution is 6.11. The standard InChI is InChI=1S/C25H26O7/c1-13-9-20-19-7-5-16-10-17(32-15(3)27)6-8-18(16)23(19)21(28)11-24(20,4)25(13,30)22(29)12-31-14(2)26/h5-8,10,13,20,30H,9,11-12H2,1-4H3/t13-,20+,24+,25+/m1/s1. The minimum atomic E-state index is -1.78. The number of carbonyl (C=O) groups excluding carboxylic acids is 4. The Hall–Kier alpha value is -3.06. The molecule has 2 aromatic carbocycles. The summed E-state index contributed by atoms with van der Waals surface area (Å²) in [6.07, 6.45) is 0.526. The number of Topliss-reactive ketones (excluding diaryl/α,β-unsaturated/α-hetero) is 2. The van der Waals surface area contributed by atoms with Gasteiger partial charge < -0.3 is 14.6 Å². The monoisotopic (exact) mass is 438 g/mol. The summed E-state index contributed by atoms with van der Waals surface area (Å²) in [7, 11) is 0. The van der Waals surface area contributed by atoms with Crippen molar-refractivity contribution in [1.82, 2.24) is 0 Å². The first-order valence-electron chi connectivity index (χ1n) is 10.7. The van der Waals surface area contributed by atoms with Gasteiger partial charge in [0.05, 0.1) is 0 Å². The summed E-state index contributed by atoms with van der Waals surface area (Å²) in [5.74, 6) is -1.98. The summed E-state index contributed by atoms with van der Waals surface area (Å²) in [5.41, 5.74) is -1.41. The number of ketones is 2. The van der Waals surface area contributed by atoms with E-state index in [1.54, 1.807) is 32.0 Å². The van der Waals surface area contributed by atoms with Crippen LogP contribution in [0.4, 0.5) is 0 Å². The van der Waals surface area contributed by atoms with Crippen LogP contribution in [0.15, 0.2) is 30.3 Å². The van der Waals surface area contributed by atoms with E-state index in [1.807, 2.05) is 12.1 Å². The SMILES string of the molecule is CC(=O)OCC(=O)[C@@]1(O)[C@H](C)C[C@H]2c3ccc4cc(OC(C)=O)ccc4c3C(=O)C[C@@]21C. The molecule has 0 aliphatic heterocycles. The van der Waals surface area contributed by atoms with E-state index in [9.17, 15) is 24.3 Å². The lowest BCUT2D eigenvalue weighted by molar-refractivity contribution is -0.164. The third kappa shape index (κ3) is 3.14. The van der Waals surface area contributed by atoms with Crippen molar-refractivity contribution < 1.29 is 33.8 Å². The van der Waals surface area contributed by atoms with E-state index in [2.05, 4.69) is 0 Å². The molecule has 0 aromatic heterocycles. The molecule has 0 bridgehead atoms. The van der Waals surface area contributed by atoms with Crippen molar-refractivity contribution in [2.24, 2.45) is 11.3 Å². The second-order valence-electron chi connectivity index (χ2n) is 9.18. The van der Waals surface area contributed by atoms with Gasteiger partial charge in [-0.2, -0.15) is 0 Å². The highest BCUT2D eigenvalue weighted by Crippen LogP contribution is 2.63. The van der Waals surface area contributed by atoms with Crippen LogP contribution >= 0.6 is 0 Å². The summed E-state index contributed by atoms with van der Waals surface area (Å²) >= 11 is 0. The van der Waals surface area contributed by atoms with Crippen molar-refractivity contribution in [2.75, 3.05) is 6.61 Å². The van der Waals surface area contributed by atoms with Gasteiger partial charge in [-0.3, -0.25) is 19.2 Å². The minimum Gasteiger partial charge on any atom is -0.458 e. The highest BCUT2D eigenvalue weighted by atomic mass is 16.5. The zero-order valence-corrected chi connectivity index (χ0v) is 18.6. The number of hydrogen-bond acceptors (Lipinski definition) is 7. The summed E-state index contributed by atoms with van der Waals surface area (Å²) in [6, 6.07) is 8.87. The Kier molecular flexibility index (Phi) is 5.20. The molecular formula is C25H26O7. The molecule has 0 radical (unpaired) electrons. The molecule has 1 saturated carbocycles. The molecule has 32 heavy (non-hydrogen) atoms. The lowest BCUT2D eigenvalue weighted by Gasteiger charge is -2.45. The lowest BCUT2D eigenvalue weighted by atomic mass is 9.59. The molecule has 0 saturated heterocycles. The van der Waals surface area contributed by atoms with Crippen LogP contribution in [0.1, 0.15) is 62.4 Å². The molecule has 1 fully saturated rings. The quantitative estimate of drug-likeness (QED) is 0.576. The molecule has 4 rings (SSSR count). The molecule has 4 atom stereocenters. The number of rotatable bonds is 4. The van der Waals surface area contributed by atoms with E-state index in [0.717, 1.165) is 16.3 Å². The number of benzene rings is 2. The Morgan fingerprint density at radius 2 is 1.84 bits per heavy atom. The summed E-state index contributed by atoms with van der Waals surface area (Å²) < 4.78 is 10.0. The van der Waals surface area contributed by atoms with Crippen LogP contribution in [0, 0.1) is 11.3 Å². The van der Waals surface area contributed by atoms with Gasteiger partial charge in [0.1, 0.15) is 11.4 Å². The Bertz CT molecular complexity index is 1170. The van der Waals surface area contributed by atoms with Crippen molar-refractivity contribution in [2.45, 2.75) is 52.1 Å². The van der Waals surface area contributed by atoms with Crippen LogP contribution in [0.25, 0.3) is 10.8 Å². The maximum absolute atomic E-state index is 13.4. The summed E-state index contributed by atoms with van der Waals surface area (Å²) in [6.45, 7) is 5.59. The fourth-order valence-corrected chi connectivity index (χ4v) is 5.79. The zero-order valence-electron chi connectivity index (χ0n) is 18.6. The molecule has 0 amide bonds. The topological polar surface area (TPSA) is 107 Å². The third-order valence-electron chi connectivity index (χ3n) is 7.24. The van der Waals surface area contributed by atoms with Gasteiger partial charge in [0.2, 0.25) is 5.78 Å². The molecule has 0 unspecified atom stereocenters. The maximum atomic E-state index is 13.4. The average molecular weight is 438 g/mol. The van der Waals surface area contributed by atoms with Crippen LogP contribution < -0.4 is 4.74 Å². The summed E-state index contributed by atoms with van der Waals surface area (Å²) in [4.78, 5) is 48.9. The Morgan fingerprint density at radius 1 is 1.12 bits per heavy atom. The molecule has 0 spiro atoms. The Morgan fingerprint density at radius 3 is 2.50 bits per heavy atom. The Labute approximate surface area is 185 Å². The van der Waals surface area contributed by atoms with Gasteiger partial charge in [0.25, 0.3) is 0 Å². The van der Waals surface area contributed by atoms with Crippen molar-refractivity contribution >= 4 is 34.3 Å². The molecule has 2 aliphatic rings. The van der Waals surface area contributed by atoms with Gasteiger partial charge in [-0.15, -0.1) is 0 Å². The number of ether oxygens (including phenoxy) is 2. The Balaban J connectivity index is 1.79. The second kappa shape index (κ2) is 7.52. The smallest absolute Gasteiger partial charge is 0.308 e. The number of carbonyl (C=O) groups is 4. The van der Waals surface area contributed by atoms with E-state index in [-0.39, 0.29) is 18.1 Å². The molecule has 2 aliphatic carbocycles. The van der Waals surface area contributed by atoms with Crippen molar-refractivity contribution in [3.63, 3.8) is 0 Å². The number of aliphatic hydroxyl groups is 1. The first kappa shape index (κ1) is 22.1.